The van der Waals surface area contributed by atoms with Gasteiger partial charge in [0.2, 0.25) is 0 Å². The van der Waals surface area contributed by atoms with Crippen molar-refractivity contribution in [3.05, 3.63) is 29.6 Å². The first-order chi connectivity index (χ1) is 8.49. The van der Waals surface area contributed by atoms with E-state index in [-0.39, 0.29) is 23.5 Å². The maximum Gasteiger partial charge on any atom is 0.256 e. The molecule has 2 rings (SSSR count). The minimum atomic E-state index is -0.531. The van der Waals surface area contributed by atoms with Crippen LogP contribution in [0.3, 0.4) is 0 Å². The first kappa shape index (κ1) is 13.4. The van der Waals surface area contributed by atoms with Gasteiger partial charge in [0, 0.05) is 18.0 Å². The SMILES string of the molecule is CC1CN(C(=O)c2cc(S)ccc2F)CCC1O. The number of halogens is 1. The van der Waals surface area contributed by atoms with Gasteiger partial charge >= 0.3 is 0 Å². The highest BCUT2D eigenvalue weighted by atomic mass is 32.1. The van der Waals surface area contributed by atoms with Gasteiger partial charge in [-0.1, -0.05) is 6.92 Å². The van der Waals surface area contributed by atoms with E-state index in [0.29, 0.717) is 24.4 Å². The van der Waals surface area contributed by atoms with Crippen LogP contribution in [0.2, 0.25) is 0 Å². The van der Waals surface area contributed by atoms with Gasteiger partial charge in [-0.25, -0.2) is 4.39 Å². The first-order valence-corrected chi connectivity index (χ1v) is 6.39. The van der Waals surface area contributed by atoms with Crippen molar-refractivity contribution in [1.29, 1.82) is 0 Å². The highest BCUT2D eigenvalue weighted by Crippen LogP contribution is 2.21. The third kappa shape index (κ3) is 2.67. The normalized spacial score (nSPS) is 24.1. The maximum atomic E-state index is 13.6. The molecule has 1 heterocycles. The molecule has 98 valence electrons. The summed E-state index contributed by atoms with van der Waals surface area (Å²) in [5.74, 6) is -0.844. The number of carbonyl (C=O) groups is 1. The number of hydrogen-bond acceptors (Lipinski definition) is 3. The van der Waals surface area contributed by atoms with Crippen LogP contribution in [0, 0.1) is 11.7 Å². The Kier molecular flexibility index (Phi) is 3.92. The topological polar surface area (TPSA) is 40.5 Å². The number of thiol groups is 1. The second kappa shape index (κ2) is 5.28. The molecule has 1 aromatic rings. The minimum absolute atomic E-state index is 0.0185. The fourth-order valence-corrected chi connectivity index (χ4v) is 2.37. The molecule has 0 radical (unpaired) electrons. The fraction of sp³-hybridized carbons (Fsp3) is 0.462. The fourth-order valence-electron chi connectivity index (χ4n) is 2.17. The van der Waals surface area contributed by atoms with Crippen LogP contribution in [0.1, 0.15) is 23.7 Å². The Morgan fingerprint density at radius 2 is 2.28 bits per heavy atom. The second-order valence-electron chi connectivity index (χ2n) is 4.75. The largest absolute Gasteiger partial charge is 0.393 e. The van der Waals surface area contributed by atoms with Gasteiger partial charge < -0.3 is 10.0 Å². The van der Waals surface area contributed by atoms with Gasteiger partial charge in [0.15, 0.2) is 0 Å². The van der Waals surface area contributed by atoms with Crippen LogP contribution in [0.4, 0.5) is 4.39 Å². The average molecular weight is 269 g/mol. The average Bonchev–Trinajstić information content (AvgIpc) is 2.35. The molecule has 0 aliphatic carbocycles. The molecule has 1 N–H and O–H groups in total. The summed E-state index contributed by atoms with van der Waals surface area (Å²) in [5, 5.41) is 9.62. The quantitative estimate of drug-likeness (QED) is 0.765. The zero-order valence-electron chi connectivity index (χ0n) is 10.1. The van der Waals surface area contributed by atoms with E-state index in [0.717, 1.165) is 0 Å². The van der Waals surface area contributed by atoms with E-state index >= 15 is 0 Å². The Balaban J connectivity index is 2.19. The number of aliphatic hydroxyl groups excluding tert-OH is 1. The van der Waals surface area contributed by atoms with Gasteiger partial charge in [0.25, 0.3) is 5.91 Å². The second-order valence-corrected chi connectivity index (χ2v) is 5.27. The summed E-state index contributed by atoms with van der Waals surface area (Å²) in [6.07, 6.45) is 0.157. The highest BCUT2D eigenvalue weighted by molar-refractivity contribution is 7.80. The van der Waals surface area contributed by atoms with Gasteiger partial charge in [0.1, 0.15) is 5.82 Å². The van der Waals surface area contributed by atoms with Crippen molar-refractivity contribution in [2.24, 2.45) is 5.92 Å². The summed E-state index contributed by atoms with van der Waals surface area (Å²) in [6, 6.07) is 4.20. The molecule has 1 aliphatic heterocycles. The number of amides is 1. The molecule has 3 nitrogen and oxygen atoms in total. The summed E-state index contributed by atoms with van der Waals surface area (Å²) in [4.78, 5) is 14.3. The molecule has 18 heavy (non-hydrogen) atoms. The lowest BCUT2D eigenvalue weighted by Crippen LogP contribution is -2.45. The molecule has 1 saturated heterocycles. The van der Waals surface area contributed by atoms with Crippen LogP contribution in [0.5, 0.6) is 0 Å². The molecule has 5 heteroatoms. The number of rotatable bonds is 1. The summed E-state index contributed by atoms with van der Waals surface area (Å²) >= 11 is 4.11. The molecule has 0 spiro atoms. The lowest BCUT2D eigenvalue weighted by molar-refractivity contribution is 0.0295. The molecule has 0 aromatic heterocycles. The lowest BCUT2D eigenvalue weighted by Gasteiger charge is -2.34. The van der Waals surface area contributed by atoms with Crippen molar-refractivity contribution in [3.8, 4) is 0 Å². The van der Waals surface area contributed by atoms with Gasteiger partial charge in [-0.15, -0.1) is 12.6 Å². The molecule has 0 bridgehead atoms. The van der Waals surface area contributed by atoms with Crippen LogP contribution >= 0.6 is 12.6 Å². The number of aliphatic hydroxyl groups is 1. The summed E-state index contributed by atoms with van der Waals surface area (Å²) < 4.78 is 13.6. The van der Waals surface area contributed by atoms with E-state index in [9.17, 15) is 14.3 Å². The Morgan fingerprint density at radius 1 is 1.56 bits per heavy atom. The number of likely N-dealkylation sites (tertiary alicyclic amines) is 1. The molecular weight excluding hydrogens is 253 g/mol. The van der Waals surface area contributed by atoms with E-state index in [1.165, 1.54) is 18.2 Å². The minimum Gasteiger partial charge on any atom is -0.393 e. The van der Waals surface area contributed by atoms with Crippen molar-refractivity contribution in [1.82, 2.24) is 4.90 Å². The van der Waals surface area contributed by atoms with Crippen LogP contribution in [0.25, 0.3) is 0 Å². The van der Waals surface area contributed by atoms with E-state index in [2.05, 4.69) is 12.6 Å². The van der Waals surface area contributed by atoms with Crippen LogP contribution in [-0.4, -0.2) is 35.1 Å². The van der Waals surface area contributed by atoms with Crippen LogP contribution < -0.4 is 0 Å². The van der Waals surface area contributed by atoms with Crippen LogP contribution in [-0.2, 0) is 0 Å². The Bertz CT molecular complexity index is 466. The number of nitrogens with zero attached hydrogens (tertiary/aromatic N) is 1. The number of hydrogen-bond donors (Lipinski definition) is 2. The van der Waals surface area contributed by atoms with Crippen molar-refractivity contribution < 1.29 is 14.3 Å². The number of benzene rings is 1. The Morgan fingerprint density at radius 3 is 2.94 bits per heavy atom. The molecule has 2 atom stereocenters. The molecule has 1 fully saturated rings. The summed E-state index contributed by atoms with van der Waals surface area (Å²) in [7, 11) is 0. The van der Waals surface area contributed by atoms with Gasteiger partial charge in [-0.2, -0.15) is 0 Å². The lowest BCUT2D eigenvalue weighted by atomic mass is 9.96. The van der Waals surface area contributed by atoms with Crippen molar-refractivity contribution in [3.63, 3.8) is 0 Å². The van der Waals surface area contributed by atoms with E-state index in [4.69, 9.17) is 0 Å². The first-order valence-electron chi connectivity index (χ1n) is 5.95. The smallest absolute Gasteiger partial charge is 0.256 e. The Hall–Kier alpha value is -1.07. The molecule has 2 unspecified atom stereocenters. The summed E-state index contributed by atoms with van der Waals surface area (Å²) in [5.41, 5.74) is 0.0473. The summed E-state index contributed by atoms with van der Waals surface area (Å²) in [6.45, 7) is 2.80. The monoisotopic (exact) mass is 269 g/mol. The van der Waals surface area contributed by atoms with E-state index < -0.39 is 5.82 Å². The molecule has 1 aromatic carbocycles. The maximum absolute atomic E-state index is 13.6. The van der Waals surface area contributed by atoms with E-state index in [1.807, 2.05) is 6.92 Å². The van der Waals surface area contributed by atoms with Gasteiger partial charge in [-0.3, -0.25) is 4.79 Å². The van der Waals surface area contributed by atoms with E-state index in [1.54, 1.807) is 4.90 Å². The Labute approximate surface area is 111 Å². The zero-order chi connectivity index (χ0) is 13.3. The van der Waals surface area contributed by atoms with Crippen LogP contribution in [0.15, 0.2) is 23.1 Å². The molecule has 1 amide bonds. The highest BCUT2D eigenvalue weighted by Gasteiger charge is 2.28. The third-order valence-corrected chi connectivity index (χ3v) is 3.61. The zero-order valence-corrected chi connectivity index (χ0v) is 11.0. The predicted molar refractivity (Wildman–Crippen MR) is 69.3 cm³/mol. The number of carbonyl (C=O) groups excluding carboxylic acids is 1. The third-order valence-electron chi connectivity index (χ3n) is 3.33. The van der Waals surface area contributed by atoms with Crippen molar-refractivity contribution >= 4 is 18.5 Å². The van der Waals surface area contributed by atoms with Gasteiger partial charge in [0.05, 0.1) is 11.7 Å². The van der Waals surface area contributed by atoms with Crippen molar-refractivity contribution in [2.45, 2.75) is 24.3 Å². The standard InChI is InChI=1S/C13H16FNO2S/c1-8-7-15(5-4-12(8)16)13(17)10-6-9(18)2-3-11(10)14/h2-3,6,8,12,16,18H,4-5,7H2,1H3. The van der Waals surface area contributed by atoms with Crippen molar-refractivity contribution in [2.75, 3.05) is 13.1 Å². The molecule has 0 saturated carbocycles. The number of piperidine rings is 1. The molecular formula is C13H16FNO2S. The molecule has 1 aliphatic rings. The predicted octanol–water partition coefficient (Wildman–Crippen LogP) is 1.96. The van der Waals surface area contributed by atoms with Gasteiger partial charge in [-0.05, 0) is 30.5 Å².